The fourth-order valence-corrected chi connectivity index (χ4v) is 2.47. The van der Waals surface area contributed by atoms with Gasteiger partial charge in [0, 0.05) is 18.7 Å². The summed E-state index contributed by atoms with van der Waals surface area (Å²) in [5.41, 5.74) is 8.81. The van der Waals surface area contributed by atoms with Gasteiger partial charge in [0.15, 0.2) is 0 Å². The monoisotopic (exact) mass is 234 g/mol. The smallest absolute Gasteiger partial charge is 0.224 e. The standard InChI is InChI=1S/C13H18N2O2/c1-8-5-11-6-10(12(14)7-16)3-4-13(11)15(8)9(2)17/h3-4,6,8,12,16H,5,7,14H2,1-2H3. The van der Waals surface area contributed by atoms with Crippen LogP contribution in [0.5, 0.6) is 0 Å². The Morgan fingerprint density at radius 3 is 2.94 bits per heavy atom. The maximum absolute atomic E-state index is 11.6. The van der Waals surface area contributed by atoms with Crippen LogP contribution < -0.4 is 10.6 Å². The van der Waals surface area contributed by atoms with Gasteiger partial charge in [-0.3, -0.25) is 4.79 Å². The minimum atomic E-state index is -0.345. The van der Waals surface area contributed by atoms with E-state index in [1.54, 1.807) is 6.92 Å². The summed E-state index contributed by atoms with van der Waals surface area (Å²) in [6, 6.07) is 5.65. The molecule has 4 nitrogen and oxygen atoms in total. The van der Waals surface area contributed by atoms with E-state index in [0.717, 1.165) is 23.2 Å². The van der Waals surface area contributed by atoms with E-state index in [2.05, 4.69) is 0 Å². The number of rotatable bonds is 2. The fourth-order valence-electron chi connectivity index (χ4n) is 2.47. The van der Waals surface area contributed by atoms with Crippen LogP contribution in [-0.2, 0) is 11.2 Å². The number of hydrogen-bond donors (Lipinski definition) is 2. The van der Waals surface area contributed by atoms with Crippen molar-refractivity contribution in [3.8, 4) is 0 Å². The number of aliphatic hydroxyl groups excluding tert-OH is 1. The average Bonchev–Trinajstić information content (AvgIpc) is 2.62. The van der Waals surface area contributed by atoms with Crippen molar-refractivity contribution in [2.24, 2.45) is 5.73 Å². The number of fused-ring (bicyclic) bond motifs is 1. The van der Waals surface area contributed by atoms with Gasteiger partial charge in [0.1, 0.15) is 0 Å². The molecule has 1 aliphatic heterocycles. The molecule has 0 saturated carbocycles. The Balaban J connectivity index is 2.37. The lowest BCUT2D eigenvalue weighted by Crippen LogP contribution is -2.33. The number of hydrogen-bond acceptors (Lipinski definition) is 3. The molecule has 0 aliphatic carbocycles. The second-order valence-corrected chi connectivity index (χ2v) is 4.62. The van der Waals surface area contributed by atoms with Crippen molar-refractivity contribution in [2.45, 2.75) is 32.4 Å². The van der Waals surface area contributed by atoms with E-state index in [0.29, 0.717) is 0 Å². The summed E-state index contributed by atoms with van der Waals surface area (Å²) in [5, 5.41) is 9.04. The predicted octanol–water partition coefficient (Wildman–Crippen LogP) is 0.976. The second-order valence-electron chi connectivity index (χ2n) is 4.62. The van der Waals surface area contributed by atoms with E-state index in [9.17, 15) is 4.79 Å². The molecule has 2 rings (SSSR count). The molecule has 3 N–H and O–H groups in total. The van der Waals surface area contributed by atoms with Gasteiger partial charge in [0.05, 0.1) is 12.6 Å². The molecule has 0 fully saturated rings. The molecule has 0 radical (unpaired) electrons. The third-order valence-corrected chi connectivity index (χ3v) is 3.28. The maximum atomic E-state index is 11.6. The van der Waals surface area contributed by atoms with Crippen LogP contribution in [0.3, 0.4) is 0 Å². The lowest BCUT2D eigenvalue weighted by Gasteiger charge is -2.20. The SMILES string of the molecule is CC(=O)N1c2ccc(C(N)CO)cc2CC1C. The first-order chi connectivity index (χ1) is 8.04. The van der Waals surface area contributed by atoms with Crippen molar-refractivity contribution in [1.29, 1.82) is 0 Å². The molecule has 2 unspecified atom stereocenters. The number of amides is 1. The van der Waals surface area contributed by atoms with Gasteiger partial charge in [-0.2, -0.15) is 0 Å². The highest BCUT2D eigenvalue weighted by molar-refractivity contribution is 5.94. The number of benzene rings is 1. The Morgan fingerprint density at radius 2 is 2.35 bits per heavy atom. The highest BCUT2D eigenvalue weighted by Gasteiger charge is 2.29. The topological polar surface area (TPSA) is 66.6 Å². The van der Waals surface area contributed by atoms with E-state index >= 15 is 0 Å². The maximum Gasteiger partial charge on any atom is 0.224 e. The summed E-state index contributed by atoms with van der Waals surface area (Å²) in [5.74, 6) is 0.0652. The van der Waals surface area contributed by atoms with E-state index in [-0.39, 0.29) is 24.6 Å². The minimum absolute atomic E-state index is 0.0647. The second kappa shape index (κ2) is 4.47. The van der Waals surface area contributed by atoms with Gasteiger partial charge in [-0.1, -0.05) is 12.1 Å². The number of nitrogens with zero attached hydrogens (tertiary/aromatic N) is 1. The zero-order valence-electron chi connectivity index (χ0n) is 10.2. The van der Waals surface area contributed by atoms with Gasteiger partial charge in [-0.05, 0) is 30.5 Å². The molecule has 0 saturated heterocycles. The zero-order chi connectivity index (χ0) is 12.6. The minimum Gasteiger partial charge on any atom is -0.394 e. The van der Waals surface area contributed by atoms with Crippen molar-refractivity contribution in [3.63, 3.8) is 0 Å². The first kappa shape index (κ1) is 12.1. The van der Waals surface area contributed by atoms with Crippen LogP contribution in [0, 0.1) is 0 Å². The lowest BCUT2D eigenvalue weighted by atomic mass is 10.0. The lowest BCUT2D eigenvalue weighted by molar-refractivity contribution is -0.116. The Hall–Kier alpha value is -1.39. The van der Waals surface area contributed by atoms with Crippen molar-refractivity contribution in [3.05, 3.63) is 29.3 Å². The summed E-state index contributed by atoms with van der Waals surface area (Å²) < 4.78 is 0. The summed E-state index contributed by atoms with van der Waals surface area (Å²) in [4.78, 5) is 13.4. The van der Waals surface area contributed by atoms with Gasteiger partial charge in [-0.25, -0.2) is 0 Å². The normalized spacial score (nSPS) is 20.2. The molecule has 1 amide bonds. The molecule has 1 aliphatic rings. The molecule has 2 atom stereocenters. The summed E-state index contributed by atoms with van der Waals surface area (Å²) in [7, 11) is 0. The van der Waals surface area contributed by atoms with E-state index in [1.807, 2.05) is 30.0 Å². The number of carbonyl (C=O) groups excluding carboxylic acids is 1. The predicted molar refractivity (Wildman–Crippen MR) is 66.8 cm³/mol. The molecule has 0 spiro atoms. The largest absolute Gasteiger partial charge is 0.394 e. The molecule has 0 aromatic heterocycles. The van der Waals surface area contributed by atoms with Crippen molar-refractivity contribution >= 4 is 11.6 Å². The van der Waals surface area contributed by atoms with Gasteiger partial charge in [0.25, 0.3) is 0 Å². The number of aliphatic hydroxyl groups is 1. The van der Waals surface area contributed by atoms with E-state index in [1.165, 1.54) is 0 Å². The van der Waals surface area contributed by atoms with Crippen LogP contribution in [0.25, 0.3) is 0 Å². The fraction of sp³-hybridized carbons (Fsp3) is 0.462. The average molecular weight is 234 g/mol. The molecule has 17 heavy (non-hydrogen) atoms. The van der Waals surface area contributed by atoms with Gasteiger partial charge < -0.3 is 15.7 Å². The third-order valence-electron chi connectivity index (χ3n) is 3.28. The Bertz CT molecular complexity index is 445. The summed E-state index contributed by atoms with van der Waals surface area (Å²) in [6.45, 7) is 3.55. The van der Waals surface area contributed by atoms with Crippen LogP contribution in [0.1, 0.15) is 31.0 Å². The van der Waals surface area contributed by atoms with Crippen molar-refractivity contribution in [1.82, 2.24) is 0 Å². The van der Waals surface area contributed by atoms with E-state index < -0.39 is 0 Å². The Labute approximate surface area is 101 Å². The van der Waals surface area contributed by atoms with Crippen molar-refractivity contribution in [2.75, 3.05) is 11.5 Å². The molecule has 4 heteroatoms. The van der Waals surface area contributed by atoms with Crippen LogP contribution in [0.15, 0.2) is 18.2 Å². The first-order valence-corrected chi connectivity index (χ1v) is 5.83. The molecule has 1 aromatic rings. The Kier molecular flexibility index (Phi) is 3.17. The molecule has 92 valence electrons. The van der Waals surface area contributed by atoms with Gasteiger partial charge >= 0.3 is 0 Å². The first-order valence-electron chi connectivity index (χ1n) is 5.83. The van der Waals surface area contributed by atoms with Crippen LogP contribution >= 0.6 is 0 Å². The number of anilines is 1. The number of carbonyl (C=O) groups is 1. The quantitative estimate of drug-likeness (QED) is 0.801. The summed E-state index contributed by atoms with van der Waals surface area (Å²) >= 11 is 0. The molecule has 0 bridgehead atoms. The zero-order valence-corrected chi connectivity index (χ0v) is 10.2. The Morgan fingerprint density at radius 1 is 1.65 bits per heavy atom. The molecular weight excluding hydrogens is 216 g/mol. The van der Waals surface area contributed by atoms with Crippen LogP contribution in [0.2, 0.25) is 0 Å². The molecule has 1 aromatic carbocycles. The van der Waals surface area contributed by atoms with Crippen molar-refractivity contribution < 1.29 is 9.90 Å². The highest BCUT2D eigenvalue weighted by Crippen LogP contribution is 2.33. The van der Waals surface area contributed by atoms with E-state index in [4.69, 9.17) is 10.8 Å². The van der Waals surface area contributed by atoms with Crippen LogP contribution in [-0.4, -0.2) is 23.7 Å². The molecule has 1 heterocycles. The summed E-state index contributed by atoms with van der Waals surface area (Å²) in [6.07, 6.45) is 0.848. The highest BCUT2D eigenvalue weighted by atomic mass is 16.3. The third kappa shape index (κ3) is 2.06. The molecular formula is C13H18N2O2. The van der Waals surface area contributed by atoms with Gasteiger partial charge in [0.2, 0.25) is 5.91 Å². The van der Waals surface area contributed by atoms with Crippen LogP contribution in [0.4, 0.5) is 5.69 Å². The number of nitrogens with two attached hydrogens (primary N) is 1. The van der Waals surface area contributed by atoms with Gasteiger partial charge in [-0.15, -0.1) is 0 Å².